The number of nitro groups is 1. The Morgan fingerprint density at radius 1 is 1.02 bits per heavy atom. The predicted molar refractivity (Wildman–Crippen MR) is 156 cm³/mol. The van der Waals surface area contributed by atoms with Crippen LogP contribution in [0.15, 0.2) is 72.8 Å². The molecule has 3 amide bonds. The van der Waals surface area contributed by atoms with Gasteiger partial charge in [0.2, 0.25) is 5.91 Å². The van der Waals surface area contributed by atoms with Crippen LogP contribution in [0.25, 0.3) is 11.3 Å². The average molecular weight is 558 g/mol. The fraction of sp³-hybridized carbons (Fsp3) is 0.233. The molecule has 0 spiro atoms. The smallest absolute Gasteiger partial charge is 0.410 e. The van der Waals surface area contributed by atoms with Crippen molar-refractivity contribution in [1.29, 1.82) is 0 Å². The number of likely N-dealkylation sites (N-methyl/N-ethyl adjacent to an activating group) is 1. The molecule has 0 aromatic heterocycles. The molecule has 0 radical (unpaired) electrons. The number of nitrogens with one attached hydrogen (secondary N) is 3. The lowest BCUT2D eigenvalue weighted by molar-refractivity contribution is -0.384. The van der Waals surface area contributed by atoms with Crippen LogP contribution in [0, 0.1) is 10.1 Å². The number of nitrogens with zero attached hydrogens (tertiary/aromatic N) is 2. The minimum atomic E-state index is -0.656. The van der Waals surface area contributed by atoms with E-state index in [0.29, 0.717) is 28.2 Å². The van der Waals surface area contributed by atoms with Gasteiger partial charge in [-0.25, -0.2) is 4.79 Å². The number of amides is 3. The summed E-state index contributed by atoms with van der Waals surface area (Å²) in [6, 6.07) is 20.7. The summed E-state index contributed by atoms with van der Waals surface area (Å²) >= 11 is 0. The molecule has 3 aromatic carbocycles. The fourth-order valence-corrected chi connectivity index (χ4v) is 4.13. The quantitative estimate of drug-likeness (QED) is 0.201. The summed E-state index contributed by atoms with van der Waals surface area (Å²) in [4.78, 5) is 49.6. The maximum absolute atomic E-state index is 13.1. The normalized spacial score (nSPS) is 13.5. The fourth-order valence-electron chi connectivity index (χ4n) is 4.13. The van der Waals surface area contributed by atoms with Crippen molar-refractivity contribution in [2.24, 2.45) is 0 Å². The number of carbonyl (C=O) groups is 3. The van der Waals surface area contributed by atoms with Crippen molar-refractivity contribution in [2.75, 3.05) is 24.2 Å². The maximum atomic E-state index is 13.1. The number of non-ortho nitro benzene ring substituents is 1. The van der Waals surface area contributed by atoms with Crippen LogP contribution >= 0.6 is 0 Å². The number of benzene rings is 3. The second kappa shape index (κ2) is 11.9. The minimum absolute atomic E-state index is 0.117. The number of ether oxygens (including phenoxy) is 1. The van der Waals surface area contributed by atoms with Crippen LogP contribution in [0.4, 0.5) is 21.9 Å². The van der Waals surface area contributed by atoms with Crippen LogP contribution in [0.3, 0.4) is 0 Å². The van der Waals surface area contributed by atoms with Gasteiger partial charge in [0.25, 0.3) is 11.6 Å². The third kappa shape index (κ3) is 7.27. The summed E-state index contributed by atoms with van der Waals surface area (Å²) < 4.78 is 5.26. The summed E-state index contributed by atoms with van der Waals surface area (Å²) in [6.45, 7) is 5.36. The lowest BCUT2D eigenvalue weighted by atomic mass is 9.99. The number of rotatable bonds is 8. The largest absolute Gasteiger partial charge is 0.444 e. The SMILES string of the molecule is CN(CC(=O)NCc1ccc(NC(=C2C(=O)Nc3ccc([N+](=O)[O-])cc32)c2ccccc2)cc1)C(=O)OC(C)(C)C. The minimum Gasteiger partial charge on any atom is -0.444 e. The Hall–Kier alpha value is -5.19. The molecule has 3 N–H and O–H groups in total. The van der Waals surface area contributed by atoms with Crippen molar-refractivity contribution >= 4 is 46.2 Å². The number of anilines is 2. The van der Waals surface area contributed by atoms with Crippen LogP contribution in [0.2, 0.25) is 0 Å². The van der Waals surface area contributed by atoms with Gasteiger partial charge in [0.15, 0.2) is 0 Å². The molecule has 0 unspecified atom stereocenters. The molecular formula is C30H31N5O6. The number of nitro benzene ring substituents is 1. The zero-order valence-corrected chi connectivity index (χ0v) is 23.2. The summed E-state index contributed by atoms with van der Waals surface area (Å²) in [5.74, 6) is -0.709. The lowest BCUT2D eigenvalue weighted by Crippen LogP contribution is -2.40. The van der Waals surface area contributed by atoms with Gasteiger partial charge in [-0.1, -0.05) is 42.5 Å². The molecular weight excluding hydrogens is 526 g/mol. The number of hydrogen-bond donors (Lipinski definition) is 3. The maximum Gasteiger partial charge on any atom is 0.410 e. The first kappa shape index (κ1) is 28.8. The molecule has 11 nitrogen and oxygen atoms in total. The summed E-state index contributed by atoms with van der Waals surface area (Å²) in [7, 11) is 1.49. The van der Waals surface area contributed by atoms with E-state index in [1.807, 2.05) is 42.5 Å². The average Bonchev–Trinajstić information content (AvgIpc) is 3.25. The molecule has 4 rings (SSSR count). The number of hydrogen-bond acceptors (Lipinski definition) is 7. The Kier molecular flexibility index (Phi) is 8.37. The third-order valence-corrected chi connectivity index (χ3v) is 6.07. The topological polar surface area (TPSA) is 143 Å². The van der Waals surface area contributed by atoms with Gasteiger partial charge in [0, 0.05) is 42.7 Å². The molecule has 3 aromatic rings. The highest BCUT2D eigenvalue weighted by Crippen LogP contribution is 2.39. The van der Waals surface area contributed by atoms with Crippen molar-refractivity contribution in [3.8, 4) is 0 Å². The van der Waals surface area contributed by atoms with Gasteiger partial charge in [-0.3, -0.25) is 19.7 Å². The van der Waals surface area contributed by atoms with E-state index >= 15 is 0 Å². The Balaban J connectivity index is 1.50. The van der Waals surface area contributed by atoms with Crippen LogP contribution in [0.1, 0.15) is 37.5 Å². The molecule has 11 heteroatoms. The second-order valence-electron chi connectivity index (χ2n) is 10.5. The highest BCUT2D eigenvalue weighted by molar-refractivity contribution is 6.37. The van der Waals surface area contributed by atoms with Gasteiger partial charge in [-0.2, -0.15) is 0 Å². The molecule has 1 aliphatic heterocycles. The molecule has 1 heterocycles. The van der Waals surface area contributed by atoms with Crippen LogP contribution in [0.5, 0.6) is 0 Å². The van der Waals surface area contributed by atoms with E-state index in [-0.39, 0.29) is 30.6 Å². The standard InChI is InChI=1S/C30H31N5O6/c1-30(2,3)41-29(38)34(4)18-25(36)31-17-19-10-12-21(13-11-19)32-27(20-8-6-5-7-9-20)26-23-16-22(35(39)40)14-15-24(23)33-28(26)37/h5-16,32H,17-18H2,1-4H3,(H,31,36)(H,33,37). The molecule has 212 valence electrons. The molecule has 0 saturated carbocycles. The van der Waals surface area contributed by atoms with E-state index in [9.17, 15) is 24.5 Å². The van der Waals surface area contributed by atoms with Gasteiger partial charge in [0.05, 0.1) is 16.2 Å². The van der Waals surface area contributed by atoms with E-state index in [1.54, 1.807) is 32.9 Å². The summed E-state index contributed by atoms with van der Waals surface area (Å²) in [5.41, 5.74) is 3.15. The monoisotopic (exact) mass is 557 g/mol. The van der Waals surface area contributed by atoms with Gasteiger partial charge >= 0.3 is 6.09 Å². The molecule has 0 fully saturated rings. The highest BCUT2D eigenvalue weighted by Gasteiger charge is 2.30. The van der Waals surface area contributed by atoms with Gasteiger partial charge in [0.1, 0.15) is 12.1 Å². The van der Waals surface area contributed by atoms with E-state index in [1.165, 1.54) is 30.1 Å². The molecule has 0 bridgehead atoms. The van der Waals surface area contributed by atoms with Crippen molar-refractivity contribution in [3.05, 3.63) is 99.6 Å². The van der Waals surface area contributed by atoms with Crippen molar-refractivity contribution in [3.63, 3.8) is 0 Å². The molecule has 0 atom stereocenters. The number of fused-ring (bicyclic) bond motifs is 1. The number of carbonyl (C=O) groups excluding carboxylic acids is 3. The Morgan fingerprint density at radius 2 is 1.71 bits per heavy atom. The first-order valence-electron chi connectivity index (χ1n) is 12.9. The Morgan fingerprint density at radius 3 is 2.34 bits per heavy atom. The van der Waals surface area contributed by atoms with Crippen LogP contribution in [-0.4, -0.2) is 46.9 Å². The lowest BCUT2D eigenvalue weighted by Gasteiger charge is -2.24. The molecule has 0 saturated heterocycles. The Bertz CT molecular complexity index is 1510. The van der Waals surface area contributed by atoms with Gasteiger partial charge in [-0.15, -0.1) is 0 Å². The third-order valence-electron chi connectivity index (χ3n) is 6.07. The van der Waals surface area contributed by atoms with E-state index < -0.39 is 16.6 Å². The Labute approximate surface area is 237 Å². The molecule has 0 aliphatic carbocycles. The summed E-state index contributed by atoms with van der Waals surface area (Å²) in [5, 5.41) is 20.3. The van der Waals surface area contributed by atoms with Crippen molar-refractivity contribution < 1.29 is 24.0 Å². The van der Waals surface area contributed by atoms with Crippen LogP contribution in [-0.2, 0) is 20.9 Å². The van der Waals surface area contributed by atoms with Gasteiger partial charge < -0.3 is 25.6 Å². The highest BCUT2D eigenvalue weighted by atomic mass is 16.6. The zero-order chi connectivity index (χ0) is 29.7. The van der Waals surface area contributed by atoms with E-state index in [2.05, 4.69) is 16.0 Å². The summed E-state index contributed by atoms with van der Waals surface area (Å²) in [6.07, 6.45) is -0.584. The van der Waals surface area contributed by atoms with Crippen molar-refractivity contribution in [1.82, 2.24) is 10.2 Å². The first-order chi connectivity index (χ1) is 19.4. The van der Waals surface area contributed by atoms with Crippen molar-refractivity contribution in [2.45, 2.75) is 32.9 Å². The van der Waals surface area contributed by atoms with Crippen LogP contribution < -0.4 is 16.0 Å². The molecule has 1 aliphatic rings. The molecule has 41 heavy (non-hydrogen) atoms. The first-order valence-corrected chi connectivity index (χ1v) is 12.9. The van der Waals surface area contributed by atoms with Gasteiger partial charge in [-0.05, 0) is 50.1 Å². The van der Waals surface area contributed by atoms with E-state index in [4.69, 9.17) is 4.74 Å². The predicted octanol–water partition coefficient (Wildman–Crippen LogP) is 5.01. The zero-order valence-electron chi connectivity index (χ0n) is 23.2. The second-order valence-corrected chi connectivity index (χ2v) is 10.5. The van der Waals surface area contributed by atoms with E-state index in [0.717, 1.165) is 11.1 Å².